The molecule has 0 radical (unpaired) electrons. The first-order chi connectivity index (χ1) is 13.1. The zero-order valence-electron chi connectivity index (χ0n) is 14.6. The van der Waals surface area contributed by atoms with E-state index in [1.807, 2.05) is 18.2 Å². The lowest BCUT2D eigenvalue weighted by Crippen LogP contribution is -2.32. The summed E-state index contributed by atoms with van der Waals surface area (Å²) in [5, 5.41) is 0. The Bertz CT molecular complexity index is 944. The summed E-state index contributed by atoms with van der Waals surface area (Å²) in [6, 6.07) is 17.9. The molecule has 136 valence electrons. The van der Waals surface area contributed by atoms with E-state index in [1.165, 1.54) is 18.2 Å². The second-order valence-electron chi connectivity index (χ2n) is 6.69. The van der Waals surface area contributed by atoms with E-state index < -0.39 is 0 Å². The lowest BCUT2D eigenvalue weighted by Gasteiger charge is -2.23. The first-order valence-corrected chi connectivity index (χ1v) is 8.85. The Balaban J connectivity index is 1.60. The van der Waals surface area contributed by atoms with Crippen LogP contribution >= 0.6 is 0 Å². The van der Waals surface area contributed by atoms with Gasteiger partial charge in [0.25, 0.3) is 0 Å². The van der Waals surface area contributed by atoms with Gasteiger partial charge in [-0.1, -0.05) is 24.3 Å². The van der Waals surface area contributed by atoms with Crippen LogP contribution in [0, 0.1) is 17.6 Å². The molecule has 1 aliphatic carbocycles. The number of anilines is 1. The van der Waals surface area contributed by atoms with Gasteiger partial charge in [0.2, 0.25) is 5.91 Å². The minimum Gasteiger partial charge on any atom is -0.306 e. The van der Waals surface area contributed by atoms with Gasteiger partial charge in [0.1, 0.15) is 11.6 Å². The summed E-state index contributed by atoms with van der Waals surface area (Å²) < 4.78 is 27.4. The van der Waals surface area contributed by atoms with Crippen LogP contribution in [0.15, 0.2) is 72.9 Å². The van der Waals surface area contributed by atoms with Crippen LogP contribution in [0.1, 0.15) is 23.6 Å². The average Bonchev–Trinajstić information content (AvgIpc) is 3.48. The number of benzene rings is 2. The molecule has 2 unspecified atom stereocenters. The van der Waals surface area contributed by atoms with E-state index in [0.717, 1.165) is 5.69 Å². The molecule has 1 fully saturated rings. The third-order valence-electron chi connectivity index (χ3n) is 4.86. The van der Waals surface area contributed by atoms with Crippen molar-refractivity contribution in [1.82, 2.24) is 4.98 Å². The highest BCUT2D eigenvalue weighted by atomic mass is 19.1. The summed E-state index contributed by atoms with van der Waals surface area (Å²) >= 11 is 0. The maximum Gasteiger partial charge on any atom is 0.231 e. The van der Waals surface area contributed by atoms with Crippen LogP contribution in [0.2, 0.25) is 0 Å². The first-order valence-electron chi connectivity index (χ1n) is 8.85. The van der Waals surface area contributed by atoms with Crippen LogP contribution in [0.5, 0.6) is 0 Å². The van der Waals surface area contributed by atoms with Gasteiger partial charge >= 0.3 is 0 Å². The fourth-order valence-electron chi connectivity index (χ4n) is 3.36. The van der Waals surface area contributed by atoms with E-state index in [1.54, 1.807) is 41.4 Å². The van der Waals surface area contributed by atoms with Gasteiger partial charge in [0.05, 0.1) is 12.2 Å². The van der Waals surface area contributed by atoms with Crippen molar-refractivity contribution >= 4 is 11.6 Å². The number of carbonyl (C=O) groups is 1. The van der Waals surface area contributed by atoms with Crippen LogP contribution < -0.4 is 4.90 Å². The van der Waals surface area contributed by atoms with E-state index in [0.29, 0.717) is 17.7 Å². The number of amides is 1. The molecule has 27 heavy (non-hydrogen) atoms. The summed E-state index contributed by atoms with van der Waals surface area (Å²) in [7, 11) is 0. The van der Waals surface area contributed by atoms with Gasteiger partial charge in [-0.15, -0.1) is 0 Å². The molecular weight excluding hydrogens is 346 g/mol. The molecule has 4 rings (SSSR count). The largest absolute Gasteiger partial charge is 0.306 e. The van der Waals surface area contributed by atoms with Crippen molar-refractivity contribution in [3.05, 3.63) is 95.8 Å². The molecule has 0 saturated heterocycles. The predicted molar refractivity (Wildman–Crippen MR) is 99.1 cm³/mol. The topological polar surface area (TPSA) is 33.2 Å². The standard InChI is InChI=1S/C22H18F2N2O/c23-15-8-10-17(11-9-15)26(14-16-5-3-4-12-25-16)22(27)20-13-19(20)18-6-1-2-7-21(18)24/h1-12,19-20H,13-14H2. The monoisotopic (exact) mass is 364 g/mol. The first kappa shape index (κ1) is 17.3. The van der Waals surface area contributed by atoms with E-state index >= 15 is 0 Å². The molecule has 0 bridgehead atoms. The number of aromatic nitrogens is 1. The van der Waals surface area contributed by atoms with Crippen molar-refractivity contribution < 1.29 is 13.6 Å². The quantitative estimate of drug-likeness (QED) is 0.658. The molecule has 1 aromatic heterocycles. The highest BCUT2D eigenvalue weighted by Crippen LogP contribution is 2.49. The normalized spacial score (nSPS) is 18.1. The second kappa shape index (κ2) is 7.27. The van der Waals surface area contributed by atoms with E-state index in [4.69, 9.17) is 0 Å². The molecule has 0 aliphatic heterocycles. The molecule has 5 heteroatoms. The van der Waals surface area contributed by atoms with Gasteiger partial charge in [-0.05, 0) is 60.4 Å². The summed E-state index contributed by atoms with van der Waals surface area (Å²) in [5.74, 6) is -1.14. The van der Waals surface area contributed by atoms with Crippen molar-refractivity contribution in [1.29, 1.82) is 0 Å². The summed E-state index contributed by atoms with van der Waals surface area (Å²) in [4.78, 5) is 19.1. The Morgan fingerprint density at radius 2 is 1.74 bits per heavy atom. The summed E-state index contributed by atoms with van der Waals surface area (Å²) in [6.45, 7) is 0.284. The molecule has 2 atom stereocenters. The Kier molecular flexibility index (Phi) is 4.67. The minimum absolute atomic E-state index is 0.0967. The highest BCUT2D eigenvalue weighted by molar-refractivity contribution is 5.97. The molecule has 0 spiro atoms. The second-order valence-corrected chi connectivity index (χ2v) is 6.69. The maximum atomic E-state index is 14.1. The SMILES string of the molecule is O=C(C1CC1c1ccccc1F)N(Cc1ccccn1)c1ccc(F)cc1. The molecule has 1 saturated carbocycles. The van der Waals surface area contributed by atoms with Gasteiger partial charge < -0.3 is 4.90 Å². The Labute approximate surface area is 156 Å². The molecule has 0 N–H and O–H groups in total. The third-order valence-corrected chi connectivity index (χ3v) is 4.86. The van der Waals surface area contributed by atoms with Crippen molar-refractivity contribution in [2.45, 2.75) is 18.9 Å². The van der Waals surface area contributed by atoms with Crippen LogP contribution in [0.3, 0.4) is 0 Å². The van der Waals surface area contributed by atoms with Gasteiger partial charge in [0.15, 0.2) is 0 Å². The summed E-state index contributed by atoms with van der Waals surface area (Å²) in [5.41, 5.74) is 1.91. The summed E-state index contributed by atoms with van der Waals surface area (Å²) in [6.07, 6.45) is 2.28. The smallest absolute Gasteiger partial charge is 0.231 e. The number of carbonyl (C=O) groups excluding carboxylic acids is 1. The molecular formula is C22H18F2N2O. The predicted octanol–water partition coefficient (Wildman–Crippen LogP) is 4.70. The van der Waals surface area contributed by atoms with Crippen LogP contribution in [0.25, 0.3) is 0 Å². The van der Waals surface area contributed by atoms with Crippen LogP contribution in [-0.4, -0.2) is 10.9 Å². The molecule has 3 aromatic rings. The number of hydrogen-bond donors (Lipinski definition) is 0. The van der Waals surface area contributed by atoms with E-state index in [2.05, 4.69) is 4.98 Å². The fourth-order valence-corrected chi connectivity index (χ4v) is 3.36. The molecule has 1 aliphatic rings. The fraction of sp³-hybridized carbons (Fsp3) is 0.182. The zero-order valence-corrected chi connectivity index (χ0v) is 14.6. The number of rotatable bonds is 5. The Hall–Kier alpha value is -3.08. The van der Waals surface area contributed by atoms with E-state index in [-0.39, 0.29) is 35.9 Å². The van der Waals surface area contributed by atoms with Crippen molar-refractivity contribution in [3.63, 3.8) is 0 Å². The number of nitrogens with zero attached hydrogens (tertiary/aromatic N) is 2. The molecule has 3 nitrogen and oxygen atoms in total. The van der Waals surface area contributed by atoms with Crippen LogP contribution in [0.4, 0.5) is 14.5 Å². The molecule has 2 aromatic carbocycles. The number of hydrogen-bond acceptors (Lipinski definition) is 2. The maximum absolute atomic E-state index is 14.1. The lowest BCUT2D eigenvalue weighted by molar-refractivity contribution is -0.120. The van der Waals surface area contributed by atoms with Gasteiger partial charge in [0, 0.05) is 17.8 Å². The minimum atomic E-state index is -0.361. The van der Waals surface area contributed by atoms with Crippen molar-refractivity contribution in [3.8, 4) is 0 Å². The van der Waals surface area contributed by atoms with Gasteiger partial charge in [-0.25, -0.2) is 8.78 Å². The lowest BCUT2D eigenvalue weighted by atomic mass is 10.1. The van der Waals surface area contributed by atoms with Crippen LogP contribution in [-0.2, 0) is 11.3 Å². The Morgan fingerprint density at radius 3 is 2.44 bits per heavy atom. The Morgan fingerprint density at radius 1 is 1.00 bits per heavy atom. The van der Waals surface area contributed by atoms with E-state index in [9.17, 15) is 13.6 Å². The van der Waals surface area contributed by atoms with Gasteiger partial charge in [-0.3, -0.25) is 9.78 Å². The highest BCUT2D eigenvalue weighted by Gasteiger charge is 2.47. The van der Waals surface area contributed by atoms with Gasteiger partial charge in [-0.2, -0.15) is 0 Å². The third kappa shape index (κ3) is 3.72. The average molecular weight is 364 g/mol. The van der Waals surface area contributed by atoms with Crippen molar-refractivity contribution in [2.24, 2.45) is 5.92 Å². The zero-order chi connectivity index (χ0) is 18.8. The molecule has 1 heterocycles. The molecule has 1 amide bonds. The number of halogens is 2. The number of pyridine rings is 1. The van der Waals surface area contributed by atoms with Crippen molar-refractivity contribution in [2.75, 3.05) is 4.90 Å².